The fourth-order valence-corrected chi connectivity index (χ4v) is 5.29. The van der Waals surface area contributed by atoms with Crippen molar-refractivity contribution >= 4 is 23.6 Å². The minimum Gasteiger partial charge on any atom is -0.340 e. The van der Waals surface area contributed by atoms with Crippen LogP contribution in [0.15, 0.2) is 36.7 Å². The van der Waals surface area contributed by atoms with Crippen LogP contribution in [0.4, 0.5) is 4.39 Å². The van der Waals surface area contributed by atoms with Gasteiger partial charge in [0.05, 0.1) is 4.87 Å². The minimum absolute atomic E-state index is 0.0259. The van der Waals surface area contributed by atoms with E-state index >= 15 is 0 Å². The lowest BCUT2D eigenvalue weighted by molar-refractivity contribution is -0.138. The third-order valence-corrected chi connectivity index (χ3v) is 6.86. The fourth-order valence-electron chi connectivity index (χ4n) is 3.86. The van der Waals surface area contributed by atoms with E-state index in [4.69, 9.17) is 0 Å². The summed E-state index contributed by atoms with van der Waals surface area (Å²) in [6.07, 6.45) is 4.70. The van der Waals surface area contributed by atoms with Crippen molar-refractivity contribution in [1.29, 1.82) is 0 Å². The maximum atomic E-state index is 13.4. The third kappa shape index (κ3) is 3.12. The van der Waals surface area contributed by atoms with E-state index in [1.54, 1.807) is 41.2 Å². The van der Waals surface area contributed by atoms with Crippen LogP contribution in [0.1, 0.15) is 37.2 Å². The maximum Gasteiger partial charge on any atom is 0.244 e. The number of nitrogens with zero attached hydrogens (tertiary/aromatic N) is 3. The second-order valence-corrected chi connectivity index (χ2v) is 8.66. The Morgan fingerprint density at radius 2 is 2.15 bits per heavy atom. The van der Waals surface area contributed by atoms with E-state index in [1.165, 1.54) is 12.1 Å². The van der Waals surface area contributed by atoms with Crippen molar-refractivity contribution in [1.82, 2.24) is 19.8 Å². The van der Waals surface area contributed by atoms with E-state index in [9.17, 15) is 14.0 Å². The van der Waals surface area contributed by atoms with Gasteiger partial charge in [-0.15, -0.1) is 11.8 Å². The molecule has 1 aromatic heterocycles. The molecule has 2 fully saturated rings. The van der Waals surface area contributed by atoms with Crippen molar-refractivity contribution in [3.05, 3.63) is 53.9 Å². The Labute approximate surface area is 161 Å². The van der Waals surface area contributed by atoms with Crippen LogP contribution in [0.3, 0.4) is 0 Å². The number of halogens is 1. The second-order valence-electron chi connectivity index (χ2n) is 7.16. The number of carbonyl (C=O) groups excluding carboxylic acids is 2. The molecule has 0 spiro atoms. The van der Waals surface area contributed by atoms with Gasteiger partial charge in [-0.25, -0.2) is 9.37 Å². The Morgan fingerprint density at radius 3 is 2.81 bits per heavy atom. The van der Waals surface area contributed by atoms with Crippen LogP contribution in [0, 0.1) is 5.82 Å². The van der Waals surface area contributed by atoms with E-state index in [2.05, 4.69) is 10.3 Å². The summed E-state index contributed by atoms with van der Waals surface area (Å²) >= 11 is 1.65. The summed E-state index contributed by atoms with van der Waals surface area (Å²) in [5, 5.41) is 3.04. The number of aromatic nitrogens is 2. The largest absolute Gasteiger partial charge is 0.340 e. The van der Waals surface area contributed by atoms with Crippen molar-refractivity contribution in [2.45, 2.75) is 36.7 Å². The molecule has 0 saturated carbocycles. The highest BCUT2D eigenvalue weighted by Crippen LogP contribution is 2.47. The van der Waals surface area contributed by atoms with Gasteiger partial charge in [-0.1, -0.05) is 12.1 Å². The first kappa shape index (κ1) is 18.0. The second kappa shape index (κ2) is 6.67. The Balaban J connectivity index is 1.62. The number of hydrogen-bond acceptors (Lipinski definition) is 4. The molecule has 4 rings (SSSR count). The molecule has 142 valence electrons. The van der Waals surface area contributed by atoms with Crippen LogP contribution in [-0.2, 0) is 16.6 Å². The Hall–Kier alpha value is -2.35. The number of imidazole rings is 1. The molecule has 1 aromatic carbocycles. The number of aryl methyl sites for hydroxylation is 1. The zero-order valence-electron chi connectivity index (χ0n) is 15.2. The van der Waals surface area contributed by atoms with Crippen LogP contribution >= 0.6 is 11.8 Å². The first-order chi connectivity index (χ1) is 12.9. The molecule has 0 aliphatic carbocycles. The fraction of sp³-hybridized carbons (Fsp3) is 0.421. The summed E-state index contributed by atoms with van der Waals surface area (Å²) < 4.78 is 15.2. The van der Waals surface area contributed by atoms with Gasteiger partial charge in [-0.05, 0) is 31.0 Å². The molecular weight excluding hydrogens is 367 g/mol. The number of rotatable bonds is 4. The predicted octanol–water partition coefficient (Wildman–Crippen LogP) is 2.22. The summed E-state index contributed by atoms with van der Waals surface area (Å²) in [5.74, 6) is 0.701. The van der Waals surface area contributed by atoms with Gasteiger partial charge < -0.3 is 14.8 Å². The average molecular weight is 388 g/mol. The molecule has 3 unspecified atom stereocenters. The summed E-state index contributed by atoms with van der Waals surface area (Å²) in [4.78, 5) is 31.2. The molecule has 3 heterocycles. The van der Waals surface area contributed by atoms with Gasteiger partial charge in [0.1, 0.15) is 23.7 Å². The van der Waals surface area contributed by atoms with E-state index in [0.29, 0.717) is 18.0 Å². The van der Waals surface area contributed by atoms with Crippen LogP contribution in [0.2, 0.25) is 0 Å². The number of carbonyl (C=O) groups is 2. The SMILES string of the molecule is Cn1ccnc1C(NC(=O)C1CSC2(C)CCC(=O)N12)c1ccc(F)cc1. The minimum atomic E-state index is -0.521. The summed E-state index contributed by atoms with van der Waals surface area (Å²) in [6, 6.07) is 4.99. The highest BCUT2D eigenvalue weighted by molar-refractivity contribution is 8.01. The quantitative estimate of drug-likeness (QED) is 0.872. The molecule has 0 radical (unpaired) electrons. The van der Waals surface area contributed by atoms with Crippen LogP contribution in [0.5, 0.6) is 0 Å². The van der Waals surface area contributed by atoms with Crippen LogP contribution in [-0.4, -0.2) is 42.9 Å². The lowest BCUT2D eigenvalue weighted by Crippen LogP contribution is -2.51. The van der Waals surface area contributed by atoms with E-state index in [-0.39, 0.29) is 22.5 Å². The molecule has 2 aliphatic rings. The first-order valence-corrected chi connectivity index (χ1v) is 9.87. The average Bonchev–Trinajstić information content (AvgIpc) is 3.29. The molecule has 3 atom stereocenters. The summed E-state index contributed by atoms with van der Waals surface area (Å²) in [5.41, 5.74) is 0.736. The highest BCUT2D eigenvalue weighted by Gasteiger charge is 2.53. The molecule has 2 saturated heterocycles. The standard InChI is InChI=1S/C19H21FN4O2S/c1-19-8-7-15(25)24(19)14(11-27-19)18(26)22-16(17-21-9-10-23(17)2)12-3-5-13(20)6-4-12/h3-6,9-10,14,16H,7-8,11H2,1-2H3,(H,22,26). The number of hydrogen-bond donors (Lipinski definition) is 1. The Bertz CT molecular complexity index is 884. The molecule has 8 heteroatoms. The topological polar surface area (TPSA) is 67.2 Å². The predicted molar refractivity (Wildman–Crippen MR) is 100 cm³/mol. The van der Waals surface area contributed by atoms with Crippen molar-refractivity contribution in [3.63, 3.8) is 0 Å². The zero-order chi connectivity index (χ0) is 19.2. The molecule has 1 N–H and O–H groups in total. The first-order valence-electron chi connectivity index (χ1n) is 8.88. The van der Waals surface area contributed by atoms with Crippen molar-refractivity contribution in [2.75, 3.05) is 5.75 Å². The molecular formula is C19H21FN4O2S. The summed E-state index contributed by atoms with van der Waals surface area (Å²) in [7, 11) is 1.84. The van der Waals surface area contributed by atoms with Gasteiger partial charge in [0, 0.05) is 31.6 Å². The highest BCUT2D eigenvalue weighted by atomic mass is 32.2. The molecule has 27 heavy (non-hydrogen) atoms. The van der Waals surface area contributed by atoms with Gasteiger partial charge in [0.25, 0.3) is 0 Å². The summed E-state index contributed by atoms with van der Waals surface area (Å²) in [6.45, 7) is 2.02. The van der Waals surface area contributed by atoms with Gasteiger partial charge in [-0.2, -0.15) is 0 Å². The van der Waals surface area contributed by atoms with E-state index < -0.39 is 12.1 Å². The van der Waals surface area contributed by atoms with Crippen LogP contribution < -0.4 is 5.32 Å². The smallest absolute Gasteiger partial charge is 0.244 e. The maximum absolute atomic E-state index is 13.4. The normalized spacial score (nSPS) is 25.5. The lowest BCUT2D eigenvalue weighted by atomic mass is 10.1. The molecule has 6 nitrogen and oxygen atoms in total. The molecule has 2 amide bonds. The van der Waals surface area contributed by atoms with E-state index in [0.717, 1.165) is 12.0 Å². The lowest BCUT2D eigenvalue weighted by Gasteiger charge is -2.31. The molecule has 2 aromatic rings. The number of amides is 2. The van der Waals surface area contributed by atoms with Gasteiger partial charge in [0.2, 0.25) is 11.8 Å². The third-order valence-electron chi connectivity index (χ3n) is 5.35. The van der Waals surface area contributed by atoms with Crippen molar-refractivity contribution in [3.8, 4) is 0 Å². The number of thioether (sulfide) groups is 1. The van der Waals surface area contributed by atoms with Gasteiger partial charge >= 0.3 is 0 Å². The van der Waals surface area contributed by atoms with Gasteiger partial charge in [-0.3, -0.25) is 9.59 Å². The molecule has 2 aliphatic heterocycles. The van der Waals surface area contributed by atoms with Crippen molar-refractivity contribution < 1.29 is 14.0 Å². The number of fused-ring (bicyclic) bond motifs is 1. The van der Waals surface area contributed by atoms with E-state index in [1.807, 2.05) is 18.5 Å². The Kier molecular flexibility index (Phi) is 4.46. The van der Waals surface area contributed by atoms with Crippen LogP contribution in [0.25, 0.3) is 0 Å². The van der Waals surface area contributed by atoms with Crippen molar-refractivity contribution in [2.24, 2.45) is 7.05 Å². The number of nitrogens with one attached hydrogen (secondary N) is 1. The number of benzene rings is 1. The monoisotopic (exact) mass is 388 g/mol. The zero-order valence-corrected chi connectivity index (χ0v) is 16.0. The Morgan fingerprint density at radius 1 is 1.41 bits per heavy atom. The molecule has 0 bridgehead atoms. The van der Waals surface area contributed by atoms with Gasteiger partial charge in [0.15, 0.2) is 0 Å².